The number of aryl methyl sites for hydroxylation is 1. The highest BCUT2D eigenvalue weighted by molar-refractivity contribution is 6.24. The van der Waals surface area contributed by atoms with E-state index in [1.165, 1.54) is 4.90 Å². The number of aromatic nitrogens is 1. The number of carboxylic acids is 1. The van der Waals surface area contributed by atoms with Crippen LogP contribution in [0.1, 0.15) is 40.8 Å². The van der Waals surface area contributed by atoms with E-state index in [4.69, 9.17) is 0 Å². The molecule has 4 atom stereocenters. The van der Waals surface area contributed by atoms with Gasteiger partial charge in [0, 0.05) is 29.6 Å². The number of hydrogen-bond acceptors (Lipinski definition) is 4. The molecule has 4 unspecified atom stereocenters. The topological polar surface area (TPSA) is 102 Å². The number of anilines is 1. The number of fused-ring (bicyclic) bond motifs is 2. The third kappa shape index (κ3) is 4.86. The molecular weight excluding hydrogens is 562 g/mol. The van der Waals surface area contributed by atoms with E-state index in [9.17, 15) is 19.5 Å². The summed E-state index contributed by atoms with van der Waals surface area (Å²) in [6.07, 6.45) is 6.69. The van der Waals surface area contributed by atoms with E-state index in [2.05, 4.69) is 10.3 Å². The van der Waals surface area contributed by atoms with Crippen molar-refractivity contribution in [1.82, 2.24) is 10.3 Å². The summed E-state index contributed by atoms with van der Waals surface area (Å²) in [5.41, 5.74) is 4.28. The Morgan fingerprint density at radius 3 is 2.20 bits per heavy atom. The third-order valence-electron chi connectivity index (χ3n) is 9.35. The maximum atomic E-state index is 14.3. The van der Waals surface area contributed by atoms with Crippen LogP contribution in [0, 0.1) is 11.8 Å². The molecule has 7 nitrogen and oxygen atoms in total. The summed E-state index contributed by atoms with van der Waals surface area (Å²) < 4.78 is 0. The van der Waals surface area contributed by atoms with Gasteiger partial charge in [-0.05, 0) is 52.4 Å². The van der Waals surface area contributed by atoms with Crippen molar-refractivity contribution in [1.29, 1.82) is 0 Å². The molecule has 0 saturated carbocycles. The first-order valence-corrected chi connectivity index (χ1v) is 15.3. The zero-order valence-electron chi connectivity index (χ0n) is 24.8. The summed E-state index contributed by atoms with van der Waals surface area (Å²) in [5.74, 6) is -4.03. The average molecular weight is 596 g/mol. The van der Waals surface area contributed by atoms with E-state index >= 15 is 0 Å². The van der Waals surface area contributed by atoms with Gasteiger partial charge in [-0.2, -0.15) is 0 Å². The molecule has 7 rings (SSSR count). The van der Waals surface area contributed by atoms with E-state index in [0.717, 1.165) is 45.1 Å². The molecule has 2 fully saturated rings. The molecule has 224 valence electrons. The van der Waals surface area contributed by atoms with Crippen molar-refractivity contribution in [2.75, 3.05) is 4.90 Å². The van der Waals surface area contributed by atoms with Crippen molar-refractivity contribution < 1.29 is 19.5 Å². The van der Waals surface area contributed by atoms with Gasteiger partial charge in [-0.3, -0.25) is 19.7 Å². The first kappa shape index (κ1) is 28.5. The van der Waals surface area contributed by atoms with Crippen LogP contribution < -0.4 is 10.2 Å². The predicted octanol–water partition coefficient (Wildman–Crippen LogP) is 6.42. The fourth-order valence-corrected chi connectivity index (χ4v) is 7.01. The molecule has 0 aliphatic carbocycles. The minimum Gasteiger partial charge on any atom is -0.480 e. The maximum Gasteiger partial charge on any atom is 0.325 e. The summed E-state index contributed by atoms with van der Waals surface area (Å²) in [4.78, 5) is 46.4. The fraction of sp³-hybridized carbons (Fsp3) is 0.184. The highest BCUT2D eigenvalue weighted by Crippen LogP contribution is 2.51. The summed E-state index contributed by atoms with van der Waals surface area (Å²) in [6, 6.07) is 32.1. The van der Waals surface area contributed by atoms with Crippen LogP contribution in [0.25, 0.3) is 23.1 Å². The van der Waals surface area contributed by atoms with Gasteiger partial charge in [-0.1, -0.05) is 104 Å². The minimum atomic E-state index is -1.71. The standard InChI is InChI=1S/C38H33N3O4/c1-2-24-16-20-29(21-17-24)41-35(42)32-33(36(41)43)38(37(44)45,22-28-23-39-31-11-7-6-10-30(28)31)40-34(32)27-18-14-26(15-19-27)13-12-25-8-4-3-5-9-25/h3-21,23,32-34,39-40H,2,22H2,1H3,(H,44,45). The summed E-state index contributed by atoms with van der Waals surface area (Å²) in [6.45, 7) is 2.04. The number of aliphatic carboxylic acids is 1. The molecule has 1 aromatic heterocycles. The first-order chi connectivity index (χ1) is 21.9. The Morgan fingerprint density at radius 2 is 1.51 bits per heavy atom. The molecule has 45 heavy (non-hydrogen) atoms. The largest absolute Gasteiger partial charge is 0.480 e. The second-order valence-corrected chi connectivity index (χ2v) is 11.9. The molecule has 5 aromatic rings. The Hall–Kier alpha value is -5.27. The van der Waals surface area contributed by atoms with Crippen LogP contribution in [0.4, 0.5) is 5.69 Å². The Labute approximate surface area is 261 Å². The van der Waals surface area contributed by atoms with E-state index in [-0.39, 0.29) is 12.3 Å². The summed E-state index contributed by atoms with van der Waals surface area (Å²) >= 11 is 0. The molecule has 2 aliphatic rings. The van der Waals surface area contributed by atoms with E-state index < -0.39 is 35.3 Å². The van der Waals surface area contributed by atoms with Crippen molar-refractivity contribution in [3.05, 3.63) is 137 Å². The van der Waals surface area contributed by atoms with Crippen molar-refractivity contribution in [3.8, 4) is 0 Å². The highest BCUT2D eigenvalue weighted by Gasteiger charge is 2.68. The Balaban J connectivity index is 1.30. The number of imide groups is 1. The number of benzene rings is 4. The monoisotopic (exact) mass is 595 g/mol. The van der Waals surface area contributed by atoms with Crippen LogP contribution in [0.5, 0.6) is 0 Å². The number of amides is 2. The molecule has 4 aromatic carbocycles. The second kappa shape index (κ2) is 11.3. The van der Waals surface area contributed by atoms with Gasteiger partial charge in [-0.25, -0.2) is 4.90 Å². The number of nitrogens with one attached hydrogen (secondary N) is 2. The number of H-pyrrole nitrogens is 1. The zero-order chi connectivity index (χ0) is 31.1. The molecular formula is C38H33N3O4. The van der Waals surface area contributed by atoms with Gasteiger partial charge >= 0.3 is 5.97 Å². The lowest BCUT2D eigenvalue weighted by atomic mass is 9.76. The van der Waals surface area contributed by atoms with Crippen molar-refractivity contribution in [3.63, 3.8) is 0 Å². The molecule has 0 bridgehead atoms. The van der Waals surface area contributed by atoms with Crippen LogP contribution in [0.2, 0.25) is 0 Å². The lowest BCUT2D eigenvalue weighted by molar-refractivity contribution is -0.148. The number of carboxylic acid groups (broad SMARTS) is 1. The van der Waals surface area contributed by atoms with Crippen LogP contribution in [0.3, 0.4) is 0 Å². The molecule has 2 saturated heterocycles. The number of carbonyl (C=O) groups is 3. The first-order valence-electron chi connectivity index (χ1n) is 15.3. The lowest BCUT2D eigenvalue weighted by Gasteiger charge is -2.31. The SMILES string of the molecule is CCc1ccc(N2C(=O)C3C(c4ccc(C=Cc5ccccc5)cc4)NC(Cc4c[nH]c5ccccc45)(C(=O)O)C3C2=O)cc1. The minimum absolute atomic E-state index is 0.0313. The zero-order valence-corrected chi connectivity index (χ0v) is 24.8. The number of hydrogen-bond donors (Lipinski definition) is 3. The van der Waals surface area contributed by atoms with Crippen LogP contribution >= 0.6 is 0 Å². The van der Waals surface area contributed by atoms with Crippen LogP contribution in [0.15, 0.2) is 109 Å². The Morgan fingerprint density at radius 1 is 0.844 bits per heavy atom. The molecule has 0 radical (unpaired) electrons. The summed E-state index contributed by atoms with van der Waals surface area (Å²) in [5, 5.41) is 15.2. The van der Waals surface area contributed by atoms with Crippen LogP contribution in [-0.2, 0) is 27.2 Å². The van der Waals surface area contributed by atoms with E-state index in [1.54, 1.807) is 18.3 Å². The third-order valence-corrected chi connectivity index (χ3v) is 9.35. The normalized spacial score (nSPS) is 22.9. The Bertz CT molecular complexity index is 1930. The fourth-order valence-electron chi connectivity index (χ4n) is 7.01. The maximum absolute atomic E-state index is 14.3. The molecule has 3 heterocycles. The van der Waals surface area contributed by atoms with Gasteiger partial charge in [0.05, 0.1) is 17.5 Å². The van der Waals surface area contributed by atoms with Gasteiger partial charge in [-0.15, -0.1) is 0 Å². The quantitative estimate of drug-likeness (QED) is 0.142. The number of nitrogens with zero attached hydrogens (tertiary/aromatic N) is 1. The molecule has 2 amide bonds. The van der Waals surface area contributed by atoms with E-state index in [1.807, 2.05) is 110 Å². The number of carbonyl (C=O) groups excluding carboxylic acids is 2. The average Bonchev–Trinajstić information content (AvgIpc) is 3.72. The van der Waals surface area contributed by atoms with Gasteiger partial charge < -0.3 is 10.1 Å². The Kier molecular flexibility index (Phi) is 7.18. The molecule has 0 spiro atoms. The smallest absolute Gasteiger partial charge is 0.325 e. The molecule has 7 heteroatoms. The highest BCUT2D eigenvalue weighted by atomic mass is 16.4. The number of rotatable bonds is 8. The van der Waals surface area contributed by atoms with Crippen molar-refractivity contribution in [2.45, 2.75) is 31.3 Å². The molecule has 3 N–H and O–H groups in total. The summed E-state index contributed by atoms with van der Waals surface area (Å²) in [7, 11) is 0. The predicted molar refractivity (Wildman–Crippen MR) is 175 cm³/mol. The van der Waals surface area contributed by atoms with Gasteiger partial charge in [0.25, 0.3) is 0 Å². The van der Waals surface area contributed by atoms with Gasteiger partial charge in [0.15, 0.2) is 0 Å². The van der Waals surface area contributed by atoms with Gasteiger partial charge in [0.2, 0.25) is 11.8 Å². The molecule has 2 aliphatic heterocycles. The van der Waals surface area contributed by atoms with Crippen LogP contribution in [-0.4, -0.2) is 33.4 Å². The lowest BCUT2D eigenvalue weighted by Crippen LogP contribution is -2.57. The van der Waals surface area contributed by atoms with Crippen molar-refractivity contribution >= 4 is 46.5 Å². The van der Waals surface area contributed by atoms with Gasteiger partial charge in [0.1, 0.15) is 5.54 Å². The van der Waals surface area contributed by atoms with Crippen molar-refractivity contribution in [2.24, 2.45) is 11.8 Å². The number of aromatic amines is 1. The second-order valence-electron chi connectivity index (χ2n) is 11.9. The number of para-hydroxylation sites is 1. The van der Waals surface area contributed by atoms with E-state index in [0.29, 0.717) is 5.69 Å².